The molecular weight excluding hydrogens is 182 g/mol. The Bertz CT molecular complexity index is 211. The molecule has 0 amide bonds. The van der Waals surface area contributed by atoms with E-state index >= 15 is 0 Å². The molecule has 0 radical (unpaired) electrons. The van der Waals surface area contributed by atoms with Gasteiger partial charge in [-0.15, -0.1) is 0 Å². The predicted molar refractivity (Wildman–Crippen MR) is 51.8 cm³/mol. The van der Waals surface area contributed by atoms with Gasteiger partial charge in [-0.25, -0.2) is 0 Å². The van der Waals surface area contributed by atoms with Gasteiger partial charge in [-0.05, 0) is 13.1 Å². The number of nitrogens with one attached hydrogen (secondary N) is 1. The molecule has 80 valence electrons. The maximum atomic E-state index is 5.50. The van der Waals surface area contributed by atoms with Gasteiger partial charge >= 0.3 is 0 Å². The molecule has 0 spiro atoms. The van der Waals surface area contributed by atoms with Crippen molar-refractivity contribution in [3.8, 4) is 0 Å². The number of hydrogen-bond donors (Lipinski definition) is 1. The standard InChI is InChI=1S/C10H17NO3/c1-11-8(9-3-2-4-12-9)7-10-13-5-6-14-10/h3,8,10-11H,2,4-7H2,1H3. The summed E-state index contributed by atoms with van der Waals surface area (Å²) in [5.74, 6) is 1.03. The Kier molecular flexibility index (Phi) is 3.39. The average Bonchev–Trinajstić information content (AvgIpc) is 2.86. The van der Waals surface area contributed by atoms with Gasteiger partial charge in [0.2, 0.25) is 0 Å². The Morgan fingerprint density at radius 2 is 2.21 bits per heavy atom. The van der Waals surface area contributed by atoms with Crippen molar-refractivity contribution < 1.29 is 14.2 Å². The van der Waals surface area contributed by atoms with Crippen LogP contribution in [-0.4, -0.2) is 39.2 Å². The Hall–Kier alpha value is -0.580. The van der Waals surface area contributed by atoms with E-state index in [1.807, 2.05) is 7.05 Å². The first kappa shape index (κ1) is 9.96. The number of likely N-dealkylation sites (N-methyl/N-ethyl adjacent to an activating group) is 1. The van der Waals surface area contributed by atoms with Crippen molar-refractivity contribution in [3.05, 3.63) is 11.8 Å². The van der Waals surface area contributed by atoms with Crippen LogP contribution >= 0.6 is 0 Å². The smallest absolute Gasteiger partial charge is 0.159 e. The fourth-order valence-corrected chi connectivity index (χ4v) is 1.79. The molecule has 0 aromatic heterocycles. The van der Waals surface area contributed by atoms with Gasteiger partial charge < -0.3 is 19.5 Å². The first-order chi connectivity index (χ1) is 6.90. The molecule has 4 heteroatoms. The molecule has 0 aromatic carbocycles. The lowest BCUT2D eigenvalue weighted by Crippen LogP contribution is -2.32. The van der Waals surface area contributed by atoms with Gasteiger partial charge in [0, 0.05) is 12.8 Å². The normalized spacial score (nSPS) is 24.8. The minimum Gasteiger partial charge on any atom is -0.496 e. The fourth-order valence-electron chi connectivity index (χ4n) is 1.79. The lowest BCUT2D eigenvalue weighted by Gasteiger charge is -2.20. The number of rotatable bonds is 4. The second-order valence-electron chi connectivity index (χ2n) is 3.49. The van der Waals surface area contributed by atoms with E-state index in [9.17, 15) is 0 Å². The summed E-state index contributed by atoms with van der Waals surface area (Å²) in [5, 5.41) is 3.22. The molecule has 0 aliphatic carbocycles. The molecule has 1 saturated heterocycles. The Labute approximate surface area is 84.2 Å². The minimum absolute atomic E-state index is 0.0717. The zero-order valence-corrected chi connectivity index (χ0v) is 8.49. The molecule has 4 nitrogen and oxygen atoms in total. The van der Waals surface area contributed by atoms with Crippen LogP contribution in [-0.2, 0) is 14.2 Å². The SMILES string of the molecule is CNC(CC1OCCO1)C1=CCCO1. The van der Waals surface area contributed by atoms with Gasteiger partial charge in [-0.2, -0.15) is 0 Å². The van der Waals surface area contributed by atoms with Crippen molar-refractivity contribution in [2.45, 2.75) is 25.2 Å². The number of ether oxygens (including phenoxy) is 3. The molecule has 2 aliphatic heterocycles. The largest absolute Gasteiger partial charge is 0.496 e. The van der Waals surface area contributed by atoms with Crippen LogP contribution in [0.25, 0.3) is 0 Å². The zero-order valence-electron chi connectivity index (χ0n) is 8.49. The zero-order chi connectivity index (χ0) is 9.80. The molecule has 0 saturated carbocycles. The maximum Gasteiger partial charge on any atom is 0.159 e. The topological polar surface area (TPSA) is 39.7 Å². The van der Waals surface area contributed by atoms with Crippen molar-refractivity contribution in [3.63, 3.8) is 0 Å². The highest BCUT2D eigenvalue weighted by atomic mass is 16.7. The first-order valence-electron chi connectivity index (χ1n) is 5.13. The van der Waals surface area contributed by atoms with E-state index in [1.165, 1.54) is 0 Å². The summed E-state index contributed by atoms with van der Waals surface area (Å²) in [4.78, 5) is 0. The Morgan fingerprint density at radius 3 is 2.79 bits per heavy atom. The maximum absolute atomic E-state index is 5.50. The summed E-state index contributed by atoms with van der Waals surface area (Å²) in [7, 11) is 1.93. The summed E-state index contributed by atoms with van der Waals surface area (Å²) in [6, 6.07) is 0.223. The molecule has 14 heavy (non-hydrogen) atoms. The summed E-state index contributed by atoms with van der Waals surface area (Å²) in [5.41, 5.74) is 0. The van der Waals surface area contributed by atoms with E-state index < -0.39 is 0 Å². The van der Waals surface area contributed by atoms with Crippen molar-refractivity contribution in [1.29, 1.82) is 0 Å². The van der Waals surface area contributed by atoms with Crippen LogP contribution in [0.3, 0.4) is 0 Å². The quantitative estimate of drug-likeness (QED) is 0.721. The molecule has 0 bridgehead atoms. The molecule has 1 fully saturated rings. The third-order valence-corrected chi connectivity index (χ3v) is 2.54. The molecule has 1 unspecified atom stereocenters. The van der Waals surface area contributed by atoms with Crippen LogP contribution in [0.4, 0.5) is 0 Å². The highest BCUT2D eigenvalue weighted by Gasteiger charge is 2.24. The van der Waals surface area contributed by atoms with Gasteiger partial charge in [-0.3, -0.25) is 0 Å². The predicted octanol–water partition coefficient (Wildman–Crippen LogP) is 0.642. The summed E-state index contributed by atoms with van der Waals surface area (Å²) in [6.45, 7) is 2.22. The third-order valence-electron chi connectivity index (χ3n) is 2.54. The second kappa shape index (κ2) is 4.77. The molecule has 2 rings (SSSR count). The summed E-state index contributed by atoms with van der Waals surface area (Å²) >= 11 is 0. The van der Waals surface area contributed by atoms with E-state index in [0.29, 0.717) is 13.2 Å². The van der Waals surface area contributed by atoms with Gasteiger partial charge in [0.05, 0.1) is 25.9 Å². The van der Waals surface area contributed by atoms with E-state index in [2.05, 4.69) is 11.4 Å². The van der Waals surface area contributed by atoms with Gasteiger partial charge in [0.1, 0.15) is 5.76 Å². The monoisotopic (exact) mass is 199 g/mol. The van der Waals surface area contributed by atoms with Crippen molar-refractivity contribution in [2.75, 3.05) is 26.9 Å². The lowest BCUT2D eigenvalue weighted by molar-refractivity contribution is -0.0527. The van der Waals surface area contributed by atoms with Crippen molar-refractivity contribution >= 4 is 0 Å². The fraction of sp³-hybridized carbons (Fsp3) is 0.800. The van der Waals surface area contributed by atoms with E-state index in [1.54, 1.807) is 0 Å². The van der Waals surface area contributed by atoms with E-state index in [4.69, 9.17) is 14.2 Å². The van der Waals surface area contributed by atoms with Crippen LogP contribution in [0.1, 0.15) is 12.8 Å². The minimum atomic E-state index is -0.0717. The molecule has 2 heterocycles. The lowest BCUT2D eigenvalue weighted by atomic mass is 10.1. The Balaban J connectivity index is 1.85. The molecule has 1 atom stereocenters. The molecular formula is C10H17NO3. The highest BCUT2D eigenvalue weighted by Crippen LogP contribution is 2.19. The molecule has 2 aliphatic rings. The van der Waals surface area contributed by atoms with Crippen molar-refractivity contribution in [2.24, 2.45) is 0 Å². The van der Waals surface area contributed by atoms with Crippen LogP contribution < -0.4 is 5.32 Å². The average molecular weight is 199 g/mol. The van der Waals surface area contributed by atoms with Gasteiger partial charge in [0.25, 0.3) is 0 Å². The van der Waals surface area contributed by atoms with Gasteiger partial charge in [0.15, 0.2) is 6.29 Å². The highest BCUT2D eigenvalue weighted by molar-refractivity contribution is 5.07. The Morgan fingerprint density at radius 1 is 1.43 bits per heavy atom. The summed E-state index contributed by atoms with van der Waals surface area (Å²) < 4.78 is 16.3. The molecule has 0 aromatic rings. The van der Waals surface area contributed by atoms with E-state index in [0.717, 1.165) is 25.2 Å². The summed E-state index contributed by atoms with van der Waals surface area (Å²) in [6.07, 6.45) is 3.90. The van der Waals surface area contributed by atoms with Crippen molar-refractivity contribution in [1.82, 2.24) is 5.32 Å². The first-order valence-corrected chi connectivity index (χ1v) is 5.13. The van der Waals surface area contributed by atoms with Gasteiger partial charge in [-0.1, -0.05) is 0 Å². The van der Waals surface area contributed by atoms with E-state index in [-0.39, 0.29) is 12.3 Å². The van der Waals surface area contributed by atoms with Crippen LogP contribution in [0.2, 0.25) is 0 Å². The second-order valence-corrected chi connectivity index (χ2v) is 3.49. The number of hydrogen-bond acceptors (Lipinski definition) is 4. The van der Waals surface area contributed by atoms with Crippen LogP contribution in [0.15, 0.2) is 11.8 Å². The van der Waals surface area contributed by atoms with Crippen LogP contribution in [0.5, 0.6) is 0 Å². The third kappa shape index (κ3) is 2.26. The molecule has 1 N–H and O–H groups in total. The van der Waals surface area contributed by atoms with Crippen LogP contribution in [0, 0.1) is 0 Å².